The van der Waals surface area contributed by atoms with Crippen molar-refractivity contribution in [3.05, 3.63) is 58.8 Å². The van der Waals surface area contributed by atoms with Crippen molar-refractivity contribution in [3.8, 4) is 5.88 Å². The number of aromatic nitrogens is 1. The number of nitrogens with one attached hydrogen (secondary N) is 2. The number of amides is 1. The number of rotatable bonds is 6. The average Bonchev–Trinajstić information content (AvgIpc) is 3.23. The summed E-state index contributed by atoms with van der Waals surface area (Å²) in [5, 5.41) is 6.49. The van der Waals surface area contributed by atoms with Gasteiger partial charge in [0.25, 0.3) is 0 Å². The molecule has 2 aliphatic heterocycles. The van der Waals surface area contributed by atoms with Gasteiger partial charge in [0, 0.05) is 44.2 Å². The maximum Gasteiger partial charge on any atom is 0.243 e. The second kappa shape index (κ2) is 9.58. The molecule has 2 aliphatic rings. The summed E-state index contributed by atoms with van der Waals surface area (Å²) in [6.45, 7) is 2.18. The highest BCUT2D eigenvalue weighted by Gasteiger charge is 2.26. The highest BCUT2D eigenvalue weighted by molar-refractivity contribution is 7.89. The average molecular weight is 477 g/mol. The molecule has 0 spiro atoms. The van der Waals surface area contributed by atoms with Gasteiger partial charge in [0.1, 0.15) is 5.02 Å². The lowest BCUT2D eigenvalue weighted by molar-refractivity contribution is -0.119. The third-order valence-electron chi connectivity index (χ3n) is 5.56. The molecule has 2 aromatic rings. The molecular weight excluding hydrogens is 452 g/mol. The summed E-state index contributed by atoms with van der Waals surface area (Å²) in [7, 11) is -2.06. The van der Waals surface area contributed by atoms with Crippen LogP contribution in [-0.2, 0) is 14.8 Å². The van der Waals surface area contributed by atoms with Gasteiger partial charge in [-0.05, 0) is 36.2 Å². The molecule has 2 N–H and O–H groups in total. The predicted octanol–water partition coefficient (Wildman–Crippen LogP) is 2.05. The van der Waals surface area contributed by atoms with Gasteiger partial charge in [0.05, 0.1) is 17.7 Å². The van der Waals surface area contributed by atoms with E-state index >= 15 is 0 Å². The minimum absolute atomic E-state index is 0.00436. The topological polar surface area (TPSA) is 101 Å². The molecule has 0 aliphatic carbocycles. The molecule has 0 saturated carbocycles. The van der Waals surface area contributed by atoms with E-state index in [0.29, 0.717) is 55.6 Å². The van der Waals surface area contributed by atoms with Crippen molar-refractivity contribution in [2.24, 2.45) is 0 Å². The molecule has 32 heavy (non-hydrogen) atoms. The SMILES string of the molecule is COc1nc(/C(=C/[C@H]2CCC(=O)N2)c2ccc(S(=O)(=O)N3CCNCC3)cc2)ccc1Cl. The highest BCUT2D eigenvalue weighted by Crippen LogP contribution is 2.30. The standard InChI is InChI=1S/C22H25ClN4O4S/c1-31-22-19(23)7-8-20(26-22)18(14-16-4-9-21(28)25-16)15-2-5-17(6-3-15)32(29,30)27-12-10-24-11-13-27/h2-3,5-8,14,16,24H,4,9-13H2,1H3,(H,25,28)/b18-14+/t16-/m1/s1. The number of nitrogens with zero attached hydrogens (tertiary/aromatic N) is 2. The molecule has 3 heterocycles. The first-order chi connectivity index (χ1) is 15.4. The summed E-state index contributed by atoms with van der Waals surface area (Å²) in [5.41, 5.74) is 2.16. The van der Waals surface area contributed by atoms with E-state index in [1.807, 2.05) is 6.08 Å². The zero-order chi connectivity index (χ0) is 22.7. The van der Waals surface area contributed by atoms with Crippen molar-refractivity contribution < 1.29 is 17.9 Å². The van der Waals surface area contributed by atoms with Crippen LogP contribution < -0.4 is 15.4 Å². The summed E-state index contributed by atoms with van der Waals surface area (Å²) in [5.74, 6) is 0.299. The van der Waals surface area contributed by atoms with Crippen molar-refractivity contribution >= 4 is 33.1 Å². The fraction of sp³-hybridized carbons (Fsp3) is 0.364. The van der Waals surface area contributed by atoms with Crippen LogP contribution in [0.25, 0.3) is 5.57 Å². The second-order valence-corrected chi connectivity index (χ2v) is 10.0. The van der Waals surface area contributed by atoms with Gasteiger partial charge in [-0.15, -0.1) is 0 Å². The Kier molecular flexibility index (Phi) is 6.80. The van der Waals surface area contributed by atoms with E-state index in [1.165, 1.54) is 11.4 Å². The molecule has 0 unspecified atom stereocenters. The van der Waals surface area contributed by atoms with Crippen LogP contribution in [0.2, 0.25) is 5.02 Å². The predicted molar refractivity (Wildman–Crippen MR) is 122 cm³/mol. The van der Waals surface area contributed by atoms with Crippen molar-refractivity contribution in [2.75, 3.05) is 33.3 Å². The van der Waals surface area contributed by atoms with Gasteiger partial charge in [-0.25, -0.2) is 13.4 Å². The lowest BCUT2D eigenvalue weighted by Crippen LogP contribution is -2.46. The Morgan fingerprint density at radius 3 is 2.53 bits per heavy atom. The fourth-order valence-electron chi connectivity index (χ4n) is 3.85. The first kappa shape index (κ1) is 22.7. The third kappa shape index (κ3) is 4.80. The van der Waals surface area contributed by atoms with E-state index < -0.39 is 10.0 Å². The van der Waals surface area contributed by atoms with E-state index in [-0.39, 0.29) is 16.8 Å². The number of pyridine rings is 1. The Morgan fingerprint density at radius 2 is 1.91 bits per heavy atom. The zero-order valence-corrected chi connectivity index (χ0v) is 19.2. The molecule has 1 amide bonds. The number of piperazine rings is 1. The summed E-state index contributed by atoms with van der Waals surface area (Å²) in [4.78, 5) is 16.4. The fourth-order valence-corrected chi connectivity index (χ4v) is 5.47. The van der Waals surface area contributed by atoms with Gasteiger partial charge >= 0.3 is 0 Å². The molecule has 4 rings (SSSR count). The molecule has 2 fully saturated rings. The smallest absolute Gasteiger partial charge is 0.243 e. The molecule has 10 heteroatoms. The molecule has 8 nitrogen and oxygen atoms in total. The minimum atomic E-state index is -3.55. The van der Waals surface area contributed by atoms with Gasteiger partial charge in [-0.3, -0.25) is 4.79 Å². The third-order valence-corrected chi connectivity index (χ3v) is 7.76. The summed E-state index contributed by atoms with van der Waals surface area (Å²) in [6, 6.07) is 10.1. The summed E-state index contributed by atoms with van der Waals surface area (Å²) >= 11 is 6.14. The molecule has 1 aromatic carbocycles. The first-order valence-electron chi connectivity index (χ1n) is 10.4. The van der Waals surface area contributed by atoms with Gasteiger partial charge in [-0.1, -0.05) is 29.8 Å². The molecular formula is C22H25ClN4O4S. The Hall–Kier alpha value is -2.46. The normalized spacial score (nSPS) is 20.2. The van der Waals surface area contributed by atoms with Crippen LogP contribution in [0.1, 0.15) is 24.1 Å². The van der Waals surface area contributed by atoms with Crippen LogP contribution in [0.3, 0.4) is 0 Å². The van der Waals surface area contributed by atoms with E-state index in [0.717, 1.165) is 11.1 Å². The van der Waals surface area contributed by atoms with Crippen LogP contribution in [0.15, 0.2) is 47.4 Å². The quantitative estimate of drug-likeness (QED) is 0.661. The van der Waals surface area contributed by atoms with Crippen molar-refractivity contribution in [3.63, 3.8) is 0 Å². The van der Waals surface area contributed by atoms with Crippen LogP contribution in [0.4, 0.5) is 0 Å². The van der Waals surface area contributed by atoms with Gasteiger partial charge in [0.2, 0.25) is 21.8 Å². The van der Waals surface area contributed by atoms with Crippen LogP contribution in [0, 0.1) is 0 Å². The molecule has 0 bridgehead atoms. The second-order valence-electron chi connectivity index (χ2n) is 7.66. The number of carbonyl (C=O) groups is 1. The first-order valence-corrected chi connectivity index (χ1v) is 12.2. The number of halogens is 1. The van der Waals surface area contributed by atoms with E-state index in [1.54, 1.807) is 36.4 Å². The number of sulfonamides is 1. The molecule has 2 saturated heterocycles. The molecule has 0 radical (unpaired) electrons. The zero-order valence-electron chi connectivity index (χ0n) is 17.7. The lowest BCUT2D eigenvalue weighted by atomic mass is 9.99. The van der Waals surface area contributed by atoms with Crippen LogP contribution in [0.5, 0.6) is 5.88 Å². The highest BCUT2D eigenvalue weighted by atomic mass is 35.5. The Balaban J connectivity index is 1.70. The van der Waals surface area contributed by atoms with E-state index in [9.17, 15) is 13.2 Å². The van der Waals surface area contributed by atoms with E-state index in [4.69, 9.17) is 16.3 Å². The maximum absolute atomic E-state index is 13.0. The van der Waals surface area contributed by atoms with Crippen molar-refractivity contribution in [1.29, 1.82) is 0 Å². The number of methoxy groups -OCH3 is 1. The Bertz CT molecular complexity index is 1130. The number of ether oxygens (including phenoxy) is 1. The molecule has 1 atom stereocenters. The van der Waals surface area contributed by atoms with E-state index in [2.05, 4.69) is 15.6 Å². The number of benzene rings is 1. The molecule has 170 valence electrons. The largest absolute Gasteiger partial charge is 0.480 e. The van der Waals surface area contributed by atoms with Crippen LogP contribution in [-0.4, -0.2) is 62.9 Å². The minimum Gasteiger partial charge on any atom is -0.480 e. The van der Waals surface area contributed by atoms with Crippen LogP contribution >= 0.6 is 11.6 Å². The molecule has 1 aromatic heterocycles. The van der Waals surface area contributed by atoms with Crippen molar-refractivity contribution in [2.45, 2.75) is 23.8 Å². The monoisotopic (exact) mass is 476 g/mol. The summed E-state index contributed by atoms with van der Waals surface area (Å²) in [6.07, 6.45) is 3.09. The van der Waals surface area contributed by atoms with Crippen molar-refractivity contribution in [1.82, 2.24) is 19.9 Å². The Labute approximate surface area is 192 Å². The van der Waals surface area contributed by atoms with Gasteiger partial charge in [-0.2, -0.15) is 4.31 Å². The number of hydrogen-bond donors (Lipinski definition) is 2. The number of hydrogen-bond acceptors (Lipinski definition) is 6. The number of carbonyl (C=O) groups excluding carboxylic acids is 1. The van der Waals surface area contributed by atoms with Gasteiger partial charge in [0.15, 0.2) is 0 Å². The van der Waals surface area contributed by atoms with Gasteiger partial charge < -0.3 is 15.4 Å². The maximum atomic E-state index is 13.0. The Morgan fingerprint density at radius 1 is 1.19 bits per heavy atom. The lowest BCUT2D eigenvalue weighted by Gasteiger charge is -2.26. The summed E-state index contributed by atoms with van der Waals surface area (Å²) < 4.78 is 32.7.